The maximum atomic E-state index is 11.6. The van der Waals surface area contributed by atoms with Crippen LogP contribution in [-0.2, 0) is 24.9 Å². The van der Waals surface area contributed by atoms with Crippen molar-refractivity contribution in [2.75, 3.05) is 27.7 Å². The van der Waals surface area contributed by atoms with Crippen molar-refractivity contribution in [3.63, 3.8) is 0 Å². The molecule has 29 heavy (non-hydrogen) atoms. The largest absolute Gasteiger partial charge is 0.484 e. The van der Waals surface area contributed by atoms with Gasteiger partial charge in [0, 0.05) is 40.4 Å². The Morgan fingerprint density at radius 2 is 1.90 bits per heavy atom. The predicted octanol–water partition coefficient (Wildman–Crippen LogP) is 3.28. The smallest absolute Gasteiger partial charge is 0.259 e. The van der Waals surface area contributed by atoms with Crippen LogP contribution in [0.5, 0.6) is 5.75 Å². The summed E-state index contributed by atoms with van der Waals surface area (Å²) < 4.78 is 7.36. The number of aliphatic imine (C=N–C) groups is 1. The maximum Gasteiger partial charge on any atom is 0.259 e. The molecular weight excluding hydrogens is 528 g/mol. The number of aromatic nitrogens is 1. The van der Waals surface area contributed by atoms with E-state index in [1.807, 2.05) is 41.9 Å². The third kappa shape index (κ3) is 7.60. The lowest BCUT2D eigenvalue weighted by atomic mass is 10.2. The summed E-state index contributed by atoms with van der Waals surface area (Å²) in [6, 6.07) is 9.39. The average molecular weight is 554 g/mol. The van der Waals surface area contributed by atoms with Crippen LogP contribution in [0.4, 0.5) is 0 Å². The number of hydrogen-bond donors (Lipinski definition) is 2. The lowest BCUT2D eigenvalue weighted by Gasteiger charge is -2.14. The Balaban J connectivity index is 0.00000420. The number of halogens is 3. The van der Waals surface area contributed by atoms with Crippen molar-refractivity contribution < 1.29 is 9.53 Å². The molecule has 0 saturated heterocycles. The molecule has 160 valence electrons. The zero-order valence-corrected chi connectivity index (χ0v) is 20.7. The fourth-order valence-corrected chi connectivity index (χ4v) is 2.77. The molecule has 0 radical (unpaired) electrons. The van der Waals surface area contributed by atoms with Crippen LogP contribution in [0.3, 0.4) is 0 Å². The normalized spacial score (nSPS) is 10.9. The van der Waals surface area contributed by atoms with Gasteiger partial charge in [0.2, 0.25) is 0 Å². The van der Waals surface area contributed by atoms with Crippen molar-refractivity contribution in [1.29, 1.82) is 0 Å². The standard InChI is InChI=1S/C19H25Cl2N5O2.HI/c1-22-19(24-11-14-9-16(20)18(21)26(14)4)23-10-13-6-5-7-15(8-13)28-12-17(27)25(2)3;/h5-9H,10-12H2,1-4H3,(H2,22,23,24);1H. The van der Waals surface area contributed by atoms with E-state index >= 15 is 0 Å². The van der Waals surface area contributed by atoms with Crippen molar-refractivity contribution >= 4 is 59.0 Å². The van der Waals surface area contributed by atoms with Gasteiger partial charge >= 0.3 is 0 Å². The fourth-order valence-electron chi connectivity index (χ4n) is 2.36. The van der Waals surface area contributed by atoms with Crippen molar-refractivity contribution in [2.24, 2.45) is 12.0 Å². The van der Waals surface area contributed by atoms with Gasteiger partial charge in [-0.2, -0.15) is 0 Å². The summed E-state index contributed by atoms with van der Waals surface area (Å²) in [6.45, 7) is 1.08. The van der Waals surface area contributed by atoms with Crippen LogP contribution >= 0.6 is 47.2 Å². The Morgan fingerprint density at radius 3 is 2.48 bits per heavy atom. The van der Waals surface area contributed by atoms with E-state index in [0.29, 0.717) is 35.0 Å². The first kappa shape index (κ1) is 25.4. The number of carbonyl (C=O) groups is 1. The molecule has 0 spiro atoms. The molecule has 1 amide bonds. The zero-order valence-electron chi connectivity index (χ0n) is 16.8. The Kier molecular flexibility index (Phi) is 10.6. The summed E-state index contributed by atoms with van der Waals surface area (Å²) in [5, 5.41) is 7.49. The highest BCUT2D eigenvalue weighted by atomic mass is 127. The lowest BCUT2D eigenvalue weighted by Crippen LogP contribution is -2.36. The molecule has 0 saturated carbocycles. The summed E-state index contributed by atoms with van der Waals surface area (Å²) in [6.07, 6.45) is 0. The van der Waals surface area contributed by atoms with E-state index in [1.165, 1.54) is 4.90 Å². The van der Waals surface area contributed by atoms with Crippen molar-refractivity contribution in [3.05, 3.63) is 51.8 Å². The second-order valence-corrected chi connectivity index (χ2v) is 7.10. The molecule has 2 N–H and O–H groups in total. The van der Waals surface area contributed by atoms with Gasteiger partial charge in [-0.15, -0.1) is 24.0 Å². The average Bonchev–Trinajstić information content (AvgIpc) is 2.93. The third-order valence-corrected chi connectivity index (χ3v) is 4.94. The third-order valence-electron chi connectivity index (χ3n) is 4.10. The predicted molar refractivity (Wildman–Crippen MR) is 129 cm³/mol. The molecule has 0 atom stereocenters. The van der Waals surface area contributed by atoms with E-state index in [9.17, 15) is 4.79 Å². The minimum Gasteiger partial charge on any atom is -0.484 e. The number of nitrogens with one attached hydrogen (secondary N) is 2. The molecule has 1 aromatic heterocycles. The highest BCUT2D eigenvalue weighted by Crippen LogP contribution is 2.24. The molecular formula is C19H26Cl2IN5O2. The Morgan fingerprint density at radius 1 is 1.21 bits per heavy atom. The van der Waals surface area contributed by atoms with E-state index in [-0.39, 0.29) is 36.5 Å². The highest BCUT2D eigenvalue weighted by molar-refractivity contribution is 14.0. The molecule has 0 aliphatic heterocycles. The molecule has 1 aromatic carbocycles. The Bertz CT molecular complexity index is 855. The van der Waals surface area contributed by atoms with Gasteiger partial charge in [0.1, 0.15) is 10.9 Å². The number of rotatable bonds is 7. The molecule has 0 aliphatic rings. The highest BCUT2D eigenvalue weighted by Gasteiger charge is 2.09. The van der Waals surface area contributed by atoms with E-state index in [0.717, 1.165) is 11.3 Å². The second kappa shape index (κ2) is 12.1. The number of nitrogens with zero attached hydrogens (tertiary/aromatic N) is 3. The molecule has 0 fully saturated rings. The molecule has 0 aliphatic carbocycles. The van der Waals surface area contributed by atoms with E-state index < -0.39 is 0 Å². The number of hydrogen-bond acceptors (Lipinski definition) is 3. The number of likely N-dealkylation sites (N-methyl/N-ethyl adjacent to an activating group) is 1. The Hall–Kier alpha value is -1.65. The molecule has 2 aromatic rings. The van der Waals surface area contributed by atoms with Crippen LogP contribution in [0.15, 0.2) is 35.3 Å². The summed E-state index contributed by atoms with van der Waals surface area (Å²) in [7, 11) is 6.95. The summed E-state index contributed by atoms with van der Waals surface area (Å²) >= 11 is 12.1. The van der Waals surface area contributed by atoms with E-state index in [2.05, 4.69) is 15.6 Å². The Labute approximate surface area is 198 Å². The topological polar surface area (TPSA) is 70.9 Å². The molecule has 1 heterocycles. The summed E-state index contributed by atoms with van der Waals surface area (Å²) in [5.74, 6) is 1.20. The van der Waals surface area contributed by atoms with Crippen molar-refractivity contribution in [3.8, 4) is 5.75 Å². The fraction of sp³-hybridized carbons (Fsp3) is 0.368. The second-order valence-electron chi connectivity index (χ2n) is 6.34. The van der Waals surface area contributed by atoms with Crippen LogP contribution in [0, 0.1) is 0 Å². The number of ether oxygens (including phenoxy) is 1. The number of benzene rings is 1. The van der Waals surface area contributed by atoms with Crippen LogP contribution in [0.2, 0.25) is 10.2 Å². The number of guanidine groups is 1. The molecule has 0 unspecified atom stereocenters. The first-order valence-corrected chi connectivity index (χ1v) is 9.43. The molecule has 7 nitrogen and oxygen atoms in total. The van der Waals surface area contributed by atoms with Crippen LogP contribution in [0.1, 0.15) is 11.3 Å². The number of amides is 1. The van der Waals surface area contributed by atoms with Crippen LogP contribution < -0.4 is 15.4 Å². The van der Waals surface area contributed by atoms with Gasteiger partial charge in [0.15, 0.2) is 12.6 Å². The van der Waals surface area contributed by atoms with Gasteiger partial charge in [-0.05, 0) is 23.8 Å². The van der Waals surface area contributed by atoms with Gasteiger partial charge in [-0.25, -0.2) is 0 Å². The zero-order chi connectivity index (χ0) is 20.7. The SMILES string of the molecule is CN=C(NCc1cccc(OCC(=O)N(C)C)c1)NCc1cc(Cl)c(Cl)n1C.I. The molecule has 2 rings (SSSR count). The first-order chi connectivity index (χ1) is 13.3. The molecule has 0 bridgehead atoms. The quantitative estimate of drug-likeness (QED) is 0.314. The van der Waals surface area contributed by atoms with Crippen LogP contribution in [-0.4, -0.2) is 49.1 Å². The van der Waals surface area contributed by atoms with E-state index in [1.54, 1.807) is 21.1 Å². The van der Waals surface area contributed by atoms with Gasteiger partial charge in [0.05, 0.1) is 11.6 Å². The van der Waals surface area contributed by atoms with Crippen LogP contribution in [0.25, 0.3) is 0 Å². The monoisotopic (exact) mass is 553 g/mol. The van der Waals surface area contributed by atoms with Gasteiger partial charge in [-0.1, -0.05) is 35.3 Å². The molecule has 10 heteroatoms. The maximum absolute atomic E-state index is 11.6. The van der Waals surface area contributed by atoms with Gasteiger partial charge < -0.3 is 24.8 Å². The van der Waals surface area contributed by atoms with Crippen molar-refractivity contribution in [2.45, 2.75) is 13.1 Å². The van der Waals surface area contributed by atoms with Gasteiger partial charge in [0.25, 0.3) is 5.91 Å². The first-order valence-electron chi connectivity index (χ1n) is 8.67. The summed E-state index contributed by atoms with van der Waals surface area (Å²) in [5.41, 5.74) is 1.95. The van der Waals surface area contributed by atoms with Gasteiger partial charge in [-0.3, -0.25) is 9.79 Å². The minimum absolute atomic E-state index is 0. The minimum atomic E-state index is -0.0889. The van der Waals surface area contributed by atoms with Crippen molar-refractivity contribution in [1.82, 2.24) is 20.1 Å². The summed E-state index contributed by atoms with van der Waals surface area (Å²) in [4.78, 5) is 17.3. The number of carbonyl (C=O) groups excluding carboxylic acids is 1. The lowest BCUT2D eigenvalue weighted by molar-refractivity contribution is -0.130. The van der Waals surface area contributed by atoms with E-state index in [4.69, 9.17) is 27.9 Å².